The van der Waals surface area contributed by atoms with Gasteiger partial charge in [-0.2, -0.15) is 0 Å². The predicted molar refractivity (Wildman–Crippen MR) is 60.2 cm³/mol. The molecule has 0 aliphatic heterocycles. The standard InChI is InChI=1S/C10H20N4O2/c1-15-7-4-10-9(3-5-11)12-13-14(10)6-8-16-2/h3-8,11H2,1-2H3. The van der Waals surface area contributed by atoms with Crippen LogP contribution in [0.15, 0.2) is 0 Å². The number of methoxy groups -OCH3 is 2. The van der Waals surface area contributed by atoms with E-state index in [0.717, 1.165) is 24.2 Å². The summed E-state index contributed by atoms with van der Waals surface area (Å²) in [5.41, 5.74) is 7.60. The number of aromatic nitrogens is 3. The number of nitrogens with zero attached hydrogens (tertiary/aromatic N) is 3. The number of hydrogen-bond donors (Lipinski definition) is 1. The highest BCUT2D eigenvalue weighted by molar-refractivity contribution is 5.11. The molecule has 0 aliphatic rings. The molecule has 0 saturated carbocycles. The molecule has 16 heavy (non-hydrogen) atoms. The van der Waals surface area contributed by atoms with Gasteiger partial charge in [-0.1, -0.05) is 5.21 Å². The van der Waals surface area contributed by atoms with E-state index >= 15 is 0 Å². The van der Waals surface area contributed by atoms with Gasteiger partial charge in [-0.15, -0.1) is 5.10 Å². The molecule has 0 fully saturated rings. The van der Waals surface area contributed by atoms with Crippen LogP contribution in [-0.4, -0.2) is 49.0 Å². The van der Waals surface area contributed by atoms with E-state index < -0.39 is 0 Å². The Bertz CT molecular complexity index is 301. The van der Waals surface area contributed by atoms with Crippen molar-refractivity contribution in [2.75, 3.05) is 34.0 Å². The van der Waals surface area contributed by atoms with Gasteiger partial charge in [0.15, 0.2) is 0 Å². The molecule has 1 rings (SSSR count). The van der Waals surface area contributed by atoms with Gasteiger partial charge in [0.05, 0.1) is 31.1 Å². The second kappa shape index (κ2) is 7.32. The van der Waals surface area contributed by atoms with Crippen LogP contribution >= 0.6 is 0 Å². The number of ether oxygens (including phenoxy) is 2. The van der Waals surface area contributed by atoms with Crippen LogP contribution < -0.4 is 5.73 Å². The molecule has 6 nitrogen and oxygen atoms in total. The second-order valence-corrected chi connectivity index (χ2v) is 3.48. The molecular weight excluding hydrogens is 208 g/mol. The van der Waals surface area contributed by atoms with E-state index in [1.807, 2.05) is 4.68 Å². The fourth-order valence-electron chi connectivity index (χ4n) is 1.53. The topological polar surface area (TPSA) is 75.2 Å². The average molecular weight is 228 g/mol. The summed E-state index contributed by atoms with van der Waals surface area (Å²) in [6.07, 6.45) is 1.56. The zero-order valence-corrected chi connectivity index (χ0v) is 9.98. The predicted octanol–water partition coefficient (Wildman–Crippen LogP) is -0.385. The monoisotopic (exact) mass is 228 g/mol. The third-order valence-corrected chi connectivity index (χ3v) is 2.35. The van der Waals surface area contributed by atoms with Crippen molar-refractivity contribution in [3.63, 3.8) is 0 Å². The summed E-state index contributed by atoms with van der Waals surface area (Å²) >= 11 is 0. The molecule has 1 aromatic rings. The first kappa shape index (κ1) is 13.1. The van der Waals surface area contributed by atoms with Crippen molar-refractivity contribution in [3.8, 4) is 0 Å². The van der Waals surface area contributed by atoms with E-state index in [2.05, 4.69) is 10.3 Å². The molecule has 1 heterocycles. The molecule has 0 bridgehead atoms. The molecule has 0 spiro atoms. The molecule has 6 heteroatoms. The zero-order chi connectivity index (χ0) is 11.8. The summed E-state index contributed by atoms with van der Waals surface area (Å²) in [6.45, 7) is 2.60. The molecular formula is C10H20N4O2. The third kappa shape index (κ3) is 3.55. The molecule has 1 aromatic heterocycles. The largest absolute Gasteiger partial charge is 0.384 e. The fourth-order valence-corrected chi connectivity index (χ4v) is 1.53. The van der Waals surface area contributed by atoms with Crippen LogP contribution in [-0.2, 0) is 28.9 Å². The number of nitrogens with two attached hydrogens (primary N) is 1. The maximum Gasteiger partial charge on any atom is 0.0872 e. The van der Waals surface area contributed by atoms with Crippen LogP contribution in [0, 0.1) is 0 Å². The lowest BCUT2D eigenvalue weighted by atomic mass is 10.2. The lowest BCUT2D eigenvalue weighted by molar-refractivity contribution is 0.178. The van der Waals surface area contributed by atoms with Crippen LogP contribution in [0.2, 0.25) is 0 Å². The molecule has 0 saturated heterocycles. The minimum absolute atomic E-state index is 0.586. The van der Waals surface area contributed by atoms with Gasteiger partial charge in [-0.3, -0.25) is 0 Å². The number of rotatable bonds is 8. The van der Waals surface area contributed by atoms with Crippen LogP contribution in [0.5, 0.6) is 0 Å². The molecule has 0 aliphatic carbocycles. The SMILES string of the molecule is COCCc1c(CCN)nnn1CCOC. The zero-order valence-electron chi connectivity index (χ0n) is 9.98. The summed E-state index contributed by atoms with van der Waals surface area (Å²) in [6, 6.07) is 0. The van der Waals surface area contributed by atoms with Gasteiger partial charge < -0.3 is 15.2 Å². The maximum absolute atomic E-state index is 5.53. The first-order valence-corrected chi connectivity index (χ1v) is 5.42. The summed E-state index contributed by atoms with van der Waals surface area (Å²) < 4.78 is 12.0. The van der Waals surface area contributed by atoms with Crippen molar-refractivity contribution in [1.82, 2.24) is 15.0 Å². The van der Waals surface area contributed by atoms with Crippen molar-refractivity contribution in [3.05, 3.63) is 11.4 Å². The first-order valence-electron chi connectivity index (χ1n) is 5.42. The van der Waals surface area contributed by atoms with E-state index in [1.54, 1.807) is 14.2 Å². The Morgan fingerprint density at radius 2 is 1.94 bits per heavy atom. The Morgan fingerprint density at radius 1 is 1.19 bits per heavy atom. The van der Waals surface area contributed by atoms with Gasteiger partial charge in [0, 0.05) is 27.1 Å². The van der Waals surface area contributed by atoms with Crippen LogP contribution in [0.3, 0.4) is 0 Å². The normalized spacial score (nSPS) is 10.9. The van der Waals surface area contributed by atoms with E-state index in [9.17, 15) is 0 Å². The third-order valence-electron chi connectivity index (χ3n) is 2.35. The first-order chi connectivity index (χ1) is 7.83. The van der Waals surface area contributed by atoms with Gasteiger partial charge in [0.2, 0.25) is 0 Å². The summed E-state index contributed by atoms with van der Waals surface area (Å²) in [4.78, 5) is 0. The van der Waals surface area contributed by atoms with E-state index in [-0.39, 0.29) is 0 Å². The number of hydrogen-bond acceptors (Lipinski definition) is 5. The highest BCUT2D eigenvalue weighted by Crippen LogP contribution is 2.07. The fraction of sp³-hybridized carbons (Fsp3) is 0.800. The van der Waals surface area contributed by atoms with Crippen molar-refractivity contribution in [2.45, 2.75) is 19.4 Å². The highest BCUT2D eigenvalue weighted by atomic mass is 16.5. The Balaban J connectivity index is 2.72. The molecule has 0 unspecified atom stereocenters. The molecule has 0 aromatic carbocycles. The van der Waals surface area contributed by atoms with Gasteiger partial charge in [0.1, 0.15) is 0 Å². The lowest BCUT2D eigenvalue weighted by Gasteiger charge is -2.06. The summed E-state index contributed by atoms with van der Waals surface area (Å²) in [5, 5.41) is 8.23. The Kier molecular flexibility index (Phi) is 5.99. The van der Waals surface area contributed by atoms with Gasteiger partial charge in [-0.05, 0) is 6.54 Å². The Morgan fingerprint density at radius 3 is 2.56 bits per heavy atom. The molecule has 92 valence electrons. The summed E-state index contributed by atoms with van der Waals surface area (Å²) in [5.74, 6) is 0. The Labute approximate surface area is 95.7 Å². The van der Waals surface area contributed by atoms with Gasteiger partial charge in [0.25, 0.3) is 0 Å². The smallest absolute Gasteiger partial charge is 0.0872 e. The van der Waals surface area contributed by atoms with Crippen molar-refractivity contribution in [1.29, 1.82) is 0 Å². The molecule has 0 radical (unpaired) electrons. The molecule has 0 atom stereocenters. The van der Waals surface area contributed by atoms with Gasteiger partial charge >= 0.3 is 0 Å². The van der Waals surface area contributed by atoms with Crippen LogP contribution in [0.4, 0.5) is 0 Å². The summed E-state index contributed by atoms with van der Waals surface area (Å²) in [7, 11) is 3.36. The minimum atomic E-state index is 0.586. The van der Waals surface area contributed by atoms with Crippen LogP contribution in [0.1, 0.15) is 11.4 Å². The Hall–Kier alpha value is -0.980. The van der Waals surface area contributed by atoms with Crippen LogP contribution in [0.25, 0.3) is 0 Å². The quantitative estimate of drug-likeness (QED) is 0.656. The van der Waals surface area contributed by atoms with Crippen molar-refractivity contribution < 1.29 is 9.47 Å². The van der Waals surface area contributed by atoms with Gasteiger partial charge in [-0.25, -0.2) is 4.68 Å². The highest BCUT2D eigenvalue weighted by Gasteiger charge is 2.11. The molecule has 2 N–H and O–H groups in total. The molecule has 0 amide bonds. The maximum atomic E-state index is 5.53. The van der Waals surface area contributed by atoms with Crippen molar-refractivity contribution in [2.24, 2.45) is 5.73 Å². The van der Waals surface area contributed by atoms with E-state index in [4.69, 9.17) is 15.2 Å². The lowest BCUT2D eigenvalue weighted by Crippen LogP contribution is -2.13. The van der Waals surface area contributed by atoms with E-state index in [1.165, 1.54) is 0 Å². The minimum Gasteiger partial charge on any atom is -0.384 e. The van der Waals surface area contributed by atoms with E-state index in [0.29, 0.717) is 26.3 Å². The average Bonchev–Trinajstić information content (AvgIpc) is 2.67. The van der Waals surface area contributed by atoms with Crippen molar-refractivity contribution >= 4 is 0 Å². The second-order valence-electron chi connectivity index (χ2n) is 3.48.